The minimum absolute atomic E-state index is 0.202. The van der Waals surface area contributed by atoms with E-state index in [0.29, 0.717) is 0 Å². The molecular formula is C34H50S2. The van der Waals surface area contributed by atoms with Crippen LogP contribution in [-0.2, 0) is 23.7 Å². The van der Waals surface area contributed by atoms with Gasteiger partial charge in [0.1, 0.15) is 0 Å². The van der Waals surface area contributed by atoms with Gasteiger partial charge in [-0.1, -0.05) is 93.9 Å². The summed E-state index contributed by atoms with van der Waals surface area (Å²) < 4.78 is 0. The van der Waals surface area contributed by atoms with Crippen LogP contribution in [0.1, 0.15) is 128 Å². The molecule has 0 nitrogen and oxygen atoms in total. The number of thiophene rings is 2. The lowest BCUT2D eigenvalue weighted by molar-refractivity contribution is 0.603. The van der Waals surface area contributed by atoms with Crippen LogP contribution in [0.5, 0.6) is 0 Å². The van der Waals surface area contributed by atoms with E-state index in [2.05, 4.69) is 91.8 Å². The summed E-state index contributed by atoms with van der Waals surface area (Å²) in [4.78, 5) is 5.87. The van der Waals surface area contributed by atoms with Crippen molar-refractivity contribution in [3.63, 3.8) is 0 Å². The molecule has 0 aliphatic rings. The van der Waals surface area contributed by atoms with E-state index in [-0.39, 0.29) is 10.8 Å². The van der Waals surface area contributed by atoms with Crippen molar-refractivity contribution in [3.8, 4) is 20.9 Å². The van der Waals surface area contributed by atoms with Crippen molar-refractivity contribution in [1.29, 1.82) is 0 Å². The number of hydrogen-bond donors (Lipinski definition) is 0. The van der Waals surface area contributed by atoms with Gasteiger partial charge in [0, 0.05) is 19.5 Å². The van der Waals surface area contributed by atoms with E-state index >= 15 is 0 Å². The van der Waals surface area contributed by atoms with Gasteiger partial charge >= 0.3 is 0 Å². The lowest BCUT2D eigenvalue weighted by Gasteiger charge is -2.18. The molecule has 0 aliphatic heterocycles. The van der Waals surface area contributed by atoms with Crippen molar-refractivity contribution in [2.75, 3.05) is 0 Å². The SMILES string of the molecule is CCCCCCc1cc(-c2ccc(C(C)(C)C)s2)c(CCCCCC)cc1-c1ccc(C(C)(C)C)s1. The maximum Gasteiger partial charge on any atom is 0.0348 e. The lowest BCUT2D eigenvalue weighted by atomic mass is 9.90. The molecule has 0 amide bonds. The third-order valence-corrected chi connectivity index (χ3v) is 10.2. The highest BCUT2D eigenvalue weighted by molar-refractivity contribution is 7.16. The van der Waals surface area contributed by atoms with Crippen LogP contribution in [-0.4, -0.2) is 0 Å². The summed E-state index contributed by atoms with van der Waals surface area (Å²) in [5.74, 6) is 0. The zero-order valence-corrected chi connectivity index (χ0v) is 26.0. The van der Waals surface area contributed by atoms with Crippen molar-refractivity contribution < 1.29 is 0 Å². The van der Waals surface area contributed by atoms with Gasteiger partial charge in [-0.15, -0.1) is 22.7 Å². The summed E-state index contributed by atoms with van der Waals surface area (Å²) in [5.41, 5.74) is 6.49. The van der Waals surface area contributed by atoms with Crippen LogP contribution in [0.2, 0.25) is 0 Å². The minimum atomic E-state index is 0.202. The second kappa shape index (κ2) is 12.9. The third-order valence-electron chi connectivity index (χ3n) is 7.15. The van der Waals surface area contributed by atoms with Gasteiger partial charge in [0.25, 0.3) is 0 Å². The fourth-order valence-electron chi connectivity index (χ4n) is 4.82. The van der Waals surface area contributed by atoms with E-state index in [9.17, 15) is 0 Å². The van der Waals surface area contributed by atoms with E-state index in [1.165, 1.54) is 94.8 Å². The van der Waals surface area contributed by atoms with E-state index in [4.69, 9.17) is 0 Å². The summed E-state index contributed by atoms with van der Waals surface area (Å²) in [6.45, 7) is 18.6. The van der Waals surface area contributed by atoms with Crippen molar-refractivity contribution in [2.45, 2.75) is 130 Å². The standard InChI is InChI=1S/C34H50S2/c1-9-11-13-15-17-25-23-28(30-20-22-32(36-30)34(6,7)8)26(18-16-14-12-10-2)24-27(25)29-19-21-31(35-29)33(3,4)5/h19-24H,9-18H2,1-8H3. The Morgan fingerprint density at radius 1 is 0.528 bits per heavy atom. The molecule has 2 heterocycles. The Bertz CT molecular complexity index is 993. The van der Waals surface area contributed by atoms with Gasteiger partial charge in [0.2, 0.25) is 0 Å². The smallest absolute Gasteiger partial charge is 0.0348 e. The molecule has 3 aromatic rings. The molecule has 0 N–H and O–H groups in total. The second-order valence-corrected chi connectivity index (χ2v) is 14.8. The topological polar surface area (TPSA) is 0 Å². The first-order chi connectivity index (χ1) is 17.0. The zero-order valence-electron chi connectivity index (χ0n) is 24.4. The van der Waals surface area contributed by atoms with Crippen molar-refractivity contribution >= 4 is 22.7 Å². The summed E-state index contributed by atoms with van der Waals surface area (Å²) in [6.07, 6.45) is 12.8. The maximum absolute atomic E-state index is 2.59. The van der Waals surface area contributed by atoms with Gasteiger partial charge in [-0.25, -0.2) is 0 Å². The first-order valence-electron chi connectivity index (χ1n) is 14.4. The molecule has 0 unspecified atom stereocenters. The molecule has 3 rings (SSSR count). The van der Waals surface area contributed by atoms with Gasteiger partial charge in [-0.3, -0.25) is 0 Å². The van der Waals surface area contributed by atoms with Crippen LogP contribution in [0.4, 0.5) is 0 Å². The van der Waals surface area contributed by atoms with Crippen molar-refractivity contribution in [1.82, 2.24) is 0 Å². The molecule has 2 heteroatoms. The molecule has 0 aliphatic carbocycles. The summed E-state index contributed by atoms with van der Waals surface area (Å²) in [7, 11) is 0. The van der Waals surface area contributed by atoms with Gasteiger partial charge < -0.3 is 0 Å². The average Bonchev–Trinajstić information content (AvgIpc) is 3.50. The van der Waals surface area contributed by atoms with E-state index in [1.54, 1.807) is 11.1 Å². The summed E-state index contributed by atoms with van der Waals surface area (Å²) in [6, 6.07) is 14.7. The predicted octanol–water partition coefficient (Wildman–Crippen LogP) is 12.0. The highest BCUT2D eigenvalue weighted by atomic mass is 32.1. The Morgan fingerprint density at radius 3 is 1.22 bits per heavy atom. The molecule has 198 valence electrons. The molecule has 1 aromatic carbocycles. The fraction of sp³-hybridized carbons (Fsp3) is 0.588. The number of aryl methyl sites for hydroxylation is 2. The zero-order chi connectivity index (χ0) is 26.3. The quantitative estimate of drug-likeness (QED) is 0.207. The highest BCUT2D eigenvalue weighted by Gasteiger charge is 2.21. The average molecular weight is 523 g/mol. The van der Waals surface area contributed by atoms with Gasteiger partial charge in [-0.2, -0.15) is 0 Å². The van der Waals surface area contributed by atoms with Gasteiger partial charge in [0.15, 0.2) is 0 Å². The Kier molecular flexibility index (Phi) is 10.5. The highest BCUT2D eigenvalue weighted by Crippen LogP contribution is 2.42. The van der Waals surface area contributed by atoms with Gasteiger partial charge in [0.05, 0.1) is 0 Å². The third kappa shape index (κ3) is 7.81. The Morgan fingerprint density at radius 2 is 0.917 bits per heavy atom. The first-order valence-corrected chi connectivity index (χ1v) is 16.0. The minimum Gasteiger partial charge on any atom is -0.140 e. The fourth-order valence-corrected chi connectivity index (χ4v) is 7.05. The van der Waals surface area contributed by atoms with Crippen molar-refractivity contribution in [2.24, 2.45) is 0 Å². The maximum atomic E-state index is 2.59. The lowest BCUT2D eigenvalue weighted by Crippen LogP contribution is -2.07. The summed E-state index contributed by atoms with van der Waals surface area (Å²) >= 11 is 4.01. The van der Waals surface area contributed by atoms with Gasteiger partial charge in [-0.05, 0) is 95.2 Å². The van der Waals surface area contributed by atoms with Crippen LogP contribution in [0, 0.1) is 0 Å². The second-order valence-electron chi connectivity index (χ2n) is 12.6. The number of benzene rings is 1. The molecule has 0 spiro atoms. The van der Waals surface area contributed by atoms with E-state index in [0.717, 1.165) is 0 Å². The molecular weight excluding hydrogens is 473 g/mol. The molecule has 0 radical (unpaired) electrons. The van der Waals surface area contributed by atoms with Crippen molar-refractivity contribution in [3.05, 3.63) is 57.3 Å². The van der Waals surface area contributed by atoms with E-state index < -0.39 is 0 Å². The Balaban J connectivity index is 2.09. The molecule has 2 aromatic heterocycles. The Hall–Kier alpha value is -1.38. The first kappa shape index (κ1) is 29.2. The van der Waals surface area contributed by atoms with Crippen LogP contribution in [0.15, 0.2) is 36.4 Å². The van der Waals surface area contributed by atoms with E-state index in [1.807, 2.05) is 22.7 Å². The molecule has 0 saturated heterocycles. The normalized spacial score (nSPS) is 12.4. The van der Waals surface area contributed by atoms with Crippen LogP contribution >= 0.6 is 22.7 Å². The number of rotatable bonds is 12. The largest absolute Gasteiger partial charge is 0.140 e. The summed E-state index contributed by atoms with van der Waals surface area (Å²) in [5, 5.41) is 0. The molecule has 0 fully saturated rings. The molecule has 0 atom stereocenters. The number of unbranched alkanes of at least 4 members (excludes halogenated alkanes) is 6. The van der Waals surface area contributed by atoms with Crippen LogP contribution < -0.4 is 0 Å². The number of hydrogen-bond acceptors (Lipinski definition) is 2. The molecule has 0 bridgehead atoms. The Labute approximate surface area is 230 Å². The van der Waals surface area contributed by atoms with Crippen LogP contribution in [0.3, 0.4) is 0 Å². The van der Waals surface area contributed by atoms with Crippen LogP contribution in [0.25, 0.3) is 20.9 Å². The monoisotopic (exact) mass is 522 g/mol. The molecule has 0 saturated carbocycles. The molecule has 36 heavy (non-hydrogen) atoms. The predicted molar refractivity (Wildman–Crippen MR) is 166 cm³/mol.